The third-order valence-electron chi connectivity index (χ3n) is 4.36. The molecule has 9 nitrogen and oxygen atoms in total. The Bertz CT molecular complexity index is 1080. The van der Waals surface area contributed by atoms with Crippen molar-refractivity contribution >= 4 is 28.6 Å². The minimum absolute atomic E-state index is 0.0222. The number of hydrogen-bond donors (Lipinski definition) is 1. The monoisotopic (exact) mass is 463 g/mol. The highest BCUT2D eigenvalue weighted by Gasteiger charge is 2.38. The van der Waals surface area contributed by atoms with E-state index in [0.29, 0.717) is 0 Å². The number of anilines is 1. The van der Waals surface area contributed by atoms with E-state index in [2.05, 4.69) is 10.4 Å². The van der Waals surface area contributed by atoms with Crippen LogP contribution < -0.4 is 10.4 Å². The van der Waals surface area contributed by atoms with Crippen LogP contribution in [0, 0.1) is 20.2 Å². The minimum atomic E-state index is -5.08. The summed E-state index contributed by atoms with van der Waals surface area (Å²) in [5.74, 6) is -0.117. The fourth-order valence-corrected chi connectivity index (χ4v) is 2.91. The van der Waals surface area contributed by atoms with Crippen LogP contribution in [0.15, 0.2) is 41.4 Å². The van der Waals surface area contributed by atoms with Crippen molar-refractivity contribution in [1.29, 1.82) is 0 Å². The molecule has 1 aliphatic rings. The van der Waals surface area contributed by atoms with E-state index < -0.39 is 50.4 Å². The van der Waals surface area contributed by atoms with Crippen LogP contribution in [0.3, 0.4) is 0 Å². The molecule has 0 radical (unpaired) electrons. The number of alkyl halides is 6. The molecule has 0 saturated carbocycles. The van der Waals surface area contributed by atoms with Crippen LogP contribution in [0.25, 0.3) is 0 Å². The molecule has 0 spiro atoms. The van der Waals surface area contributed by atoms with Crippen molar-refractivity contribution in [2.45, 2.75) is 18.8 Å². The Morgan fingerprint density at radius 1 is 0.906 bits per heavy atom. The molecule has 2 aromatic carbocycles. The van der Waals surface area contributed by atoms with E-state index in [9.17, 15) is 46.6 Å². The maximum absolute atomic E-state index is 13.0. The summed E-state index contributed by atoms with van der Waals surface area (Å²) in [4.78, 5) is 23.8. The van der Waals surface area contributed by atoms with E-state index >= 15 is 0 Å². The highest BCUT2D eigenvalue weighted by atomic mass is 19.4. The van der Waals surface area contributed by atoms with Gasteiger partial charge in [0.05, 0.1) is 26.7 Å². The number of hydrazine groups is 1. The van der Waals surface area contributed by atoms with Gasteiger partial charge < -0.3 is 0 Å². The Balaban J connectivity index is 2.01. The number of halogens is 6. The predicted octanol–water partition coefficient (Wildman–Crippen LogP) is 4.99. The van der Waals surface area contributed by atoms with Crippen LogP contribution in [-0.2, 0) is 12.4 Å². The number of nitro groups is 2. The molecule has 0 bridgehead atoms. The number of benzene rings is 2. The molecule has 1 heterocycles. The first kappa shape index (κ1) is 22.8. The molecular weight excluding hydrogens is 452 g/mol. The van der Waals surface area contributed by atoms with Crippen molar-refractivity contribution in [3.8, 4) is 0 Å². The first-order valence-corrected chi connectivity index (χ1v) is 8.60. The van der Waals surface area contributed by atoms with Gasteiger partial charge in [-0.25, -0.2) is 4.99 Å². The molecule has 1 aliphatic heterocycles. The van der Waals surface area contributed by atoms with Gasteiger partial charge in [0.2, 0.25) is 5.69 Å². The summed E-state index contributed by atoms with van der Waals surface area (Å²) in [7, 11) is 0. The van der Waals surface area contributed by atoms with Crippen molar-refractivity contribution in [2.75, 3.05) is 11.6 Å². The summed E-state index contributed by atoms with van der Waals surface area (Å²) < 4.78 is 77.7. The van der Waals surface area contributed by atoms with Gasteiger partial charge in [0.15, 0.2) is 0 Å². The van der Waals surface area contributed by atoms with Gasteiger partial charge in [-0.05, 0) is 18.2 Å². The van der Waals surface area contributed by atoms with E-state index in [1.165, 1.54) is 11.1 Å². The minimum Gasteiger partial charge on any atom is -0.286 e. The Kier molecular flexibility index (Phi) is 5.67. The average Bonchev–Trinajstić information content (AvgIpc) is 3.15. The standard InChI is InChI=1S/C17H11F6N5O4/c18-16(19,20)9-2-1-3-11(6-9)26-5-4-14(25-26)24-15-12(27(29)30)7-10(17(21,22)23)8-13(15)28(31)32/h1-3,6-8H,4-5H2,(H,24,25). The molecule has 0 aromatic heterocycles. The molecule has 2 aromatic rings. The molecular formula is C17H11F6N5O4. The Morgan fingerprint density at radius 3 is 1.97 bits per heavy atom. The first-order chi connectivity index (χ1) is 14.8. The molecule has 32 heavy (non-hydrogen) atoms. The van der Waals surface area contributed by atoms with Crippen LogP contribution in [0.5, 0.6) is 0 Å². The molecule has 1 saturated heterocycles. The van der Waals surface area contributed by atoms with E-state index in [4.69, 9.17) is 0 Å². The summed E-state index contributed by atoms with van der Waals surface area (Å²) in [5, 5.41) is 23.8. The van der Waals surface area contributed by atoms with Crippen molar-refractivity contribution in [3.05, 3.63) is 67.8 Å². The lowest BCUT2D eigenvalue weighted by Crippen LogP contribution is -2.33. The first-order valence-electron chi connectivity index (χ1n) is 8.60. The number of nitrogens with one attached hydrogen (secondary N) is 1. The summed E-state index contributed by atoms with van der Waals surface area (Å²) in [6, 6.07) is 4.44. The van der Waals surface area contributed by atoms with Gasteiger partial charge in [0.1, 0.15) is 5.84 Å². The van der Waals surface area contributed by atoms with Crippen LogP contribution >= 0.6 is 0 Å². The third kappa shape index (κ3) is 4.70. The fourth-order valence-electron chi connectivity index (χ4n) is 2.91. The van der Waals surface area contributed by atoms with E-state index in [1.54, 1.807) is 0 Å². The molecule has 0 amide bonds. The summed E-state index contributed by atoms with van der Waals surface area (Å²) in [5.41, 5.74) is -3.29. The normalized spacial score (nSPS) is 15.7. The largest absolute Gasteiger partial charge is 0.416 e. The lowest BCUT2D eigenvalue weighted by atomic mass is 10.1. The second kappa shape index (κ2) is 7.97. The Hall–Kier alpha value is -3.91. The lowest BCUT2D eigenvalue weighted by Gasteiger charge is -2.19. The summed E-state index contributed by atoms with van der Waals surface area (Å²) in [6.07, 6.45) is -9.70. The number of nitrogens with zero attached hydrogens (tertiary/aromatic N) is 4. The number of nitro benzene ring substituents is 2. The molecule has 1 N–H and O–H groups in total. The van der Waals surface area contributed by atoms with Gasteiger partial charge in [-0.3, -0.25) is 30.7 Å². The SMILES string of the molecule is O=[N+]([O-])c1cc(C(F)(F)F)cc([N+](=O)[O-])c1N=C1CCN(c2cccc(C(F)(F)F)c2)N1. The molecule has 0 atom stereocenters. The highest BCUT2D eigenvalue weighted by Crippen LogP contribution is 2.43. The van der Waals surface area contributed by atoms with Crippen LogP contribution in [0.2, 0.25) is 0 Å². The second-order valence-electron chi connectivity index (χ2n) is 6.50. The van der Waals surface area contributed by atoms with Gasteiger partial charge in [0.25, 0.3) is 0 Å². The Morgan fingerprint density at radius 2 is 1.47 bits per heavy atom. The van der Waals surface area contributed by atoms with Gasteiger partial charge in [-0.1, -0.05) is 6.07 Å². The smallest absolute Gasteiger partial charge is 0.286 e. The molecule has 170 valence electrons. The van der Waals surface area contributed by atoms with E-state index in [-0.39, 0.29) is 36.6 Å². The lowest BCUT2D eigenvalue weighted by molar-refractivity contribution is -0.392. The van der Waals surface area contributed by atoms with Gasteiger partial charge in [0, 0.05) is 25.1 Å². The van der Waals surface area contributed by atoms with Crippen LogP contribution in [-0.4, -0.2) is 22.2 Å². The Labute approximate surface area is 174 Å². The van der Waals surface area contributed by atoms with Crippen LogP contribution in [0.1, 0.15) is 17.5 Å². The zero-order valence-electron chi connectivity index (χ0n) is 15.6. The maximum Gasteiger partial charge on any atom is 0.416 e. The zero-order valence-corrected chi connectivity index (χ0v) is 15.6. The number of rotatable bonds is 4. The number of amidine groups is 1. The average molecular weight is 463 g/mol. The quantitative estimate of drug-likeness (QED) is 0.389. The van der Waals surface area contributed by atoms with E-state index in [1.807, 2.05) is 0 Å². The topological polar surface area (TPSA) is 114 Å². The van der Waals surface area contributed by atoms with Crippen molar-refractivity contribution in [1.82, 2.24) is 5.43 Å². The third-order valence-corrected chi connectivity index (χ3v) is 4.36. The van der Waals surface area contributed by atoms with Crippen molar-refractivity contribution in [3.63, 3.8) is 0 Å². The molecule has 15 heteroatoms. The van der Waals surface area contributed by atoms with Crippen molar-refractivity contribution in [2.24, 2.45) is 4.99 Å². The second-order valence-corrected chi connectivity index (χ2v) is 6.50. The number of hydrogen-bond acceptors (Lipinski definition) is 6. The fraction of sp³-hybridized carbons (Fsp3) is 0.235. The van der Waals surface area contributed by atoms with Gasteiger partial charge in [-0.2, -0.15) is 26.3 Å². The van der Waals surface area contributed by atoms with Gasteiger partial charge in [-0.15, -0.1) is 0 Å². The van der Waals surface area contributed by atoms with Crippen molar-refractivity contribution < 1.29 is 36.2 Å². The van der Waals surface area contributed by atoms with E-state index in [0.717, 1.165) is 18.2 Å². The molecule has 3 rings (SSSR count). The van der Waals surface area contributed by atoms with Gasteiger partial charge >= 0.3 is 23.7 Å². The van der Waals surface area contributed by atoms with Crippen LogP contribution in [0.4, 0.5) is 49.1 Å². The highest BCUT2D eigenvalue weighted by molar-refractivity contribution is 5.91. The number of aliphatic imine (C=N–C) groups is 1. The maximum atomic E-state index is 13.0. The summed E-state index contributed by atoms with van der Waals surface area (Å²) in [6.45, 7) is 0.0440. The summed E-state index contributed by atoms with van der Waals surface area (Å²) >= 11 is 0. The molecule has 1 fully saturated rings. The zero-order chi connectivity index (χ0) is 23.8. The molecule has 0 unspecified atom stereocenters. The predicted molar refractivity (Wildman–Crippen MR) is 98.4 cm³/mol. The molecule has 0 aliphatic carbocycles.